The van der Waals surface area contributed by atoms with Crippen LogP contribution in [0, 0.1) is 6.57 Å². The van der Waals surface area contributed by atoms with Gasteiger partial charge >= 0.3 is 5.97 Å². The molecule has 1 saturated heterocycles. The lowest BCUT2D eigenvalue weighted by atomic mass is 10.5. The number of thioether (sulfide) groups is 2. The summed E-state index contributed by atoms with van der Waals surface area (Å²) < 4.78 is 5.58. The van der Waals surface area contributed by atoms with Crippen molar-refractivity contribution in [2.24, 2.45) is 0 Å². The predicted molar refractivity (Wildman–Crippen MR) is 55.2 cm³/mol. The van der Waals surface area contributed by atoms with Gasteiger partial charge in [0, 0.05) is 11.5 Å². The van der Waals surface area contributed by atoms with Crippen molar-refractivity contribution in [1.82, 2.24) is 0 Å². The van der Waals surface area contributed by atoms with E-state index in [1.165, 1.54) is 0 Å². The molecule has 0 radical (unpaired) electrons. The van der Waals surface area contributed by atoms with Crippen LogP contribution >= 0.6 is 23.5 Å². The molecule has 1 aliphatic heterocycles. The summed E-state index contributed by atoms with van der Waals surface area (Å²) in [6.45, 7) is 8.93. The van der Waals surface area contributed by atoms with Gasteiger partial charge in [0.15, 0.2) is 0 Å². The van der Waals surface area contributed by atoms with Crippen molar-refractivity contribution in [2.45, 2.75) is 6.92 Å². The average Bonchev–Trinajstić information content (AvgIpc) is 2.59. The summed E-state index contributed by atoms with van der Waals surface area (Å²) in [7, 11) is 0. The highest BCUT2D eigenvalue weighted by Gasteiger charge is 2.21. The van der Waals surface area contributed by atoms with Crippen molar-refractivity contribution >= 4 is 29.5 Å². The van der Waals surface area contributed by atoms with Crippen molar-refractivity contribution in [3.63, 3.8) is 0 Å². The summed E-state index contributed by atoms with van der Waals surface area (Å²) >= 11 is 3.11. The van der Waals surface area contributed by atoms with E-state index in [0.29, 0.717) is 6.61 Å². The first-order valence-electron chi connectivity index (χ1n) is 3.84. The summed E-state index contributed by atoms with van der Waals surface area (Å²) in [5, 5.41) is 0. The Balaban J connectivity index is 2.77. The fourth-order valence-electron chi connectivity index (χ4n) is 0.821. The number of hydrogen-bond donors (Lipinski definition) is 0. The third kappa shape index (κ3) is 2.68. The molecule has 5 heteroatoms. The van der Waals surface area contributed by atoms with Crippen LogP contribution in [0.1, 0.15) is 6.92 Å². The van der Waals surface area contributed by atoms with Crippen molar-refractivity contribution in [1.29, 1.82) is 0 Å². The van der Waals surface area contributed by atoms with Gasteiger partial charge in [-0.05, 0) is 6.92 Å². The number of carbonyl (C=O) groups excluding carboxylic acids is 1. The fraction of sp³-hybridized carbons (Fsp3) is 0.500. The van der Waals surface area contributed by atoms with Crippen LogP contribution in [0.5, 0.6) is 0 Å². The van der Waals surface area contributed by atoms with Gasteiger partial charge in [0.05, 0.1) is 17.4 Å². The van der Waals surface area contributed by atoms with E-state index in [-0.39, 0.29) is 5.70 Å². The molecule has 70 valence electrons. The van der Waals surface area contributed by atoms with Crippen molar-refractivity contribution < 1.29 is 9.53 Å². The molecule has 0 bridgehead atoms. The quantitative estimate of drug-likeness (QED) is 0.401. The molecule has 0 atom stereocenters. The second kappa shape index (κ2) is 5.20. The number of hydrogen-bond acceptors (Lipinski definition) is 4. The highest BCUT2D eigenvalue weighted by Crippen LogP contribution is 2.39. The molecule has 0 amide bonds. The van der Waals surface area contributed by atoms with E-state index in [4.69, 9.17) is 11.3 Å². The lowest BCUT2D eigenvalue weighted by Crippen LogP contribution is -2.05. The van der Waals surface area contributed by atoms with Crippen LogP contribution < -0.4 is 0 Å². The zero-order chi connectivity index (χ0) is 9.68. The van der Waals surface area contributed by atoms with E-state index in [2.05, 4.69) is 4.85 Å². The molecular weight excluding hydrogens is 206 g/mol. The Bertz CT molecular complexity index is 272. The maximum atomic E-state index is 11.2. The summed E-state index contributed by atoms with van der Waals surface area (Å²) in [6.07, 6.45) is 0. The van der Waals surface area contributed by atoms with Crippen molar-refractivity contribution in [3.8, 4) is 0 Å². The van der Waals surface area contributed by atoms with Gasteiger partial charge in [0.1, 0.15) is 0 Å². The van der Waals surface area contributed by atoms with E-state index in [9.17, 15) is 4.79 Å². The molecule has 1 rings (SSSR count). The monoisotopic (exact) mass is 215 g/mol. The molecule has 1 aliphatic rings. The van der Waals surface area contributed by atoms with Crippen LogP contribution in [0.2, 0.25) is 0 Å². The Hall–Kier alpha value is -0.600. The van der Waals surface area contributed by atoms with Gasteiger partial charge in [-0.3, -0.25) is 4.79 Å². The SMILES string of the molecule is [C-]#[N+]C(C(=O)OCC)=C1SCCS1. The van der Waals surface area contributed by atoms with Gasteiger partial charge in [0.25, 0.3) is 5.70 Å². The summed E-state index contributed by atoms with van der Waals surface area (Å²) in [5.41, 5.74) is 0.148. The number of esters is 1. The zero-order valence-corrected chi connectivity index (χ0v) is 8.83. The van der Waals surface area contributed by atoms with Crippen LogP contribution in [0.4, 0.5) is 0 Å². The molecule has 0 unspecified atom stereocenters. The second-order valence-electron chi connectivity index (χ2n) is 2.17. The van der Waals surface area contributed by atoms with Gasteiger partial charge < -0.3 is 4.74 Å². The first-order valence-corrected chi connectivity index (χ1v) is 5.81. The molecule has 1 fully saturated rings. The molecule has 0 N–H and O–H groups in total. The van der Waals surface area contributed by atoms with E-state index in [0.717, 1.165) is 15.7 Å². The standard InChI is InChI=1S/C8H9NO2S2/c1-3-11-7(10)6(9-2)8-12-4-5-13-8/h3-5H2,1H3. The normalized spacial score (nSPS) is 15.2. The summed E-state index contributed by atoms with van der Waals surface area (Å²) in [5.74, 6) is 1.45. The Labute approximate surface area is 85.7 Å². The van der Waals surface area contributed by atoms with Gasteiger partial charge in [-0.15, -0.1) is 23.5 Å². The van der Waals surface area contributed by atoms with Crippen LogP contribution in [0.15, 0.2) is 9.93 Å². The number of rotatable bonds is 2. The number of carbonyl (C=O) groups is 1. The third-order valence-electron chi connectivity index (χ3n) is 1.32. The maximum Gasteiger partial charge on any atom is 0.338 e. The van der Waals surface area contributed by atoms with Crippen LogP contribution in [-0.4, -0.2) is 24.1 Å². The minimum Gasteiger partial charge on any atom is -0.471 e. The van der Waals surface area contributed by atoms with Gasteiger partial charge in [-0.25, -0.2) is 4.85 Å². The topological polar surface area (TPSA) is 30.7 Å². The molecule has 0 aromatic rings. The van der Waals surface area contributed by atoms with E-state index in [1.807, 2.05) is 0 Å². The van der Waals surface area contributed by atoms with Gasteiger partial charge in [-0.2, -0.15) is 0 Å². The van der Waals surface area contributed by atoms with Crippen LogP contribution in [-0.2, 0) is 9.53 Å². The second-order valence-corrected chi connectivity index (χ2v) is 4.63. The summed E-state index contributed by atoms with van der Waals surface area (Å²) in [6, 6.07) is 0. The van der Waals surface area contributed by atoms with Crippen LogP contribution in [0.25, 0.3) is 4.85 Å². The van der Waals surface area contributed by atoms with Crippen molar-refractivity contribution in [2.75, 3.05) is 18.1 Å². The smallest absolute Gasteiger partial charge is 0.338 e. The minimum atomic E-state index is -0.491. The third-order valence-corrected chi connectivity index (χ3v) is 4.02. The molecule has 1 heterocycles. The highest BCUT2D eigenvalue weighted by molar-refractivity contribution is 8.25. The fourth-order valence-corrected chi connectivity index (χ4v) is 3.22. The molecule has 13 heavy (non-hydrogen) atoms. The Morgan fingerprint density at radius 3 is 2.69 bits per heavy atom. The van der Waals surface area contributed by atoms with E-state index >= 15 is 0 Å². The largest absolute Gasteiger partial charge is 0.471 e. The summed E-state index contributed by atoms with van der Waals surface area (Å²) in [4.78, 5) is 14.4. The molecule has 0 aromatic carbocycles. The lowest BCUT2D eigenvalue weighted by molar-refractivity contribution is -0.138. The molecule has 3 nitrogen and oxygen atoms in total. The number of nitrogens with zero attached hydrogens (tertiary/aromatic N) is 1. The maximum absolute atomic E-state index is 11.2. The first kappa shape index (κ1) is 10.5. The molecule has 0 aromatic heterocycles. The van der Waals surface area contributed by atoms with Gasteiger partial charge in [-0.1, -0.05) is 0 Å². The van der Waals surface area contributed by atoms with Gasteiger partial charge in [0.2, 0.25) is 0 Å². The molecule has 0 spiro atoms. The number of ether oxygens (including phenoxy) is 1. The minimum absolute atomic E-state index is 0.148. The highest BCUT2D eigenvalue weighted by atomic mass is 32.2. The Morgan fingerprint density at radius 2 is 2.23 bits per heavy atom. The van der Waals surface area contributed by atoms with E-state index in [1.54, 1.807) is 30.4 Å². The molecule has 0 saturated carbocycles. The Morgan fingerprint density at radius 1 is 1.62 bits per heavy atom. The molecule has 0 aliphatic carbocycles. The average molecular weight is 215 g/mol. The zero-order valence-electron chi connectivity index (χ0n) is 7.20. The molecular formula is C8H9NO2S2. The predicted octanol–water partition coefficient (Wildman–Crippen LogP) is 2.12. The van der Waals surface area contributed by atoms with Crippen LogP contribution in [0.3, 0.4) is 0 Å². The van der Waals surface area contributed by atoms with Crippen molar-refractivity contribution in [3.05, 3.63) is 21.4 Å². The lowest BCUT2D eigenvalue weighted by Gasteiger charge is -2.01. The van der Waals surface area contributed by atoms with E-state index < -0.39 is 5.97 Å². The first-order chi connectivity index (χ1) is 6.29. The Kier molecular flexibility index (Phi) is 4.19.